The lowest BCUT2D eigenvalue weighted by molar-refractivity contribution is -0.115. The first-order chi connectivity index (χ1) is 21.7. The summed E-state index contributed by atoms with van der Waals surface area (Å²) in [5.74, 6) is -0.538. The molecule has 45 heavy (non-hydrogen) atoms. The molecular formula is C33H26Cl2N4O4S2. The van der Waals surface area contributed by atoms with Crippen LogP contribution in [0.15, 0.2) is 102 Å². The van der Waals surface area contributed by atoms with Crippen molar-refractivity contribution in [2.24, 2.45) is 0 Å². The summed E-state index contributed by atoms with van der Waals surface area (Å²) >= 11 is 15.2. The second-order valence-corrected chi connectivity index (χ2v) is 12.8. The van der Waals surface area contributed by atoms with Gasteiger partial charge in [-0.05, 0) is 73.2 Å². The number of halogens is 2. The van der Waals surface area contributed by atoms with Crippen LogP contribution in [0.25, 0.3) is 16.3 Å². The Hall–Kier alpha value is -4.35. The van der Waals surface area contributed by atoms with Crippen molar-refractivity contribution >= 4 is 91.1 Å². The van der Waals surface area contributed by atoms with Gasteiger partial charge in [-0.25, -0.2) is 4.98 Å². The molecule has 0 saturated carbocycles. The van der Waals surface area contributed by atoms with Crippen LogP contribution in [0.1, 0.15) is 22.8 Å². The Morgan fingerprint density at radius 2 is 1.71 bits per heavy atom. The van der Waals surface area contributed by atoms with Gasteiger partial charge in [-0.1, -0.05) is 70.9 Å². The second kappa shape index (κ2) is 14.6. The number of amides is 3. The third kappa shape index (κ3) is 8.23. The lowest BCUT2D eigenvalue weighted by atomic mass is 10.1. The Labute approximate surface area is 277 Å². The van der Waals surface area contributed by atoms with E-state index in [-0.39, 0.29) is 16.6 Å². The van der Waals surface area contributed by atoms with Gasteiger partial charge in [0.25, 0.3) is 11.8 Å². The molecule has 0 aliphatic heterocycles. The molecule has 12 heteroatoms. The molecule has 0 bridgehead atoms. The van der Waals surface area contributed by atoms with Crippen LogP contribution in [0.2, 0.25) is 10.0 Å². The Morgan fingerprint density at radius 3 is 2.49 bits per heavy atom. The van der Waals surface area contributed by atoms with Gasteiger partial charge in [-0.3, -0.25) is 14.4 Å². The average molecular weight is 678 g/mol. The molecule has 8 nitrogen and oxygen atoms in total. The van der Waals surface area contributed by atoms with Crippen LogP contribution in [0, 0.1) is 0 Å². The van der Waals surface area contributed by atoms with Gasteiger partial charge < -0.3 is 20.7 Å². The molecule has 228 valence electrons. The molecule has 0 saturated heterocycles. The number of anilines is 2. The number of thioether (sulfide) groups is 1. The number of aromatic nitrogens is 1. The minimum Gasteiger partial charge on any atom is -0.497 e. The molecule has 4 aromatic carbocycles. The van der Waals surface area contributed by atoms with Crippen molar-refractivity contribution in [1.29, 1.82) is 0 Å². The predicted molar refractivity (Wildman–Crippen MR) is 184 cm³/mol. The number of hydrogen-bond acceptors (Lipinski definition) is 7. The number of rotatable bonds is 10. The van der Waals surface area contributed by atoms with E-state index in [0.29, 0.717) is 27.0 Å². The number of carbonyl (C=O) groups excluding carboxylic acids is 3. The van der Waals surface area contributed by atoms with Gasteiger partial charge in [0.2, 0.25) is 5.91 Å². The number of nitrogens with zero attached hydrogens (tertiary/aromatic N) is 1. The molecule has 5 rings (SSSR count). The van der Waals surface area contributed by atoms with Gasteiger partial charge in [0, 0.05) is 16.1 Å². The third-order valence-corrected chi connectivity index (χ3v) is 9.27. The molecule has 5 aromatic rings. The summed E-state index contributed by atoms with van der Waals surface area (Å²) in [4.78, 5) is 44.7. The molecule has 0 aliphatic rings. The van der Waals surface area contributed by atoms with Crippen LogP contribution in [-0.4, -0.2) is 35.1 Å². The number of methoxy groups -OCH3 is 1. The van der Waals surface area contributed by atoms with Gasteiger partial charge in [0.05, 0.1) is 32.6 Å². The van der Waals surface area contributed by atoms with Crippen molar-refractivity contribution in [3.63, 3.8) is 0 Å². The molecule has 0 spiro atoms. The quantitative estimate of drug-likeness (QED) is 0.102. The zero-order valence-electron chi connectivity index (χ0n) is 24.0. The Kier molecular flexibility index (Phi) is 10.4. The topological polar surface area (TPSA) is 109 Å². The monoisotopic (exact) mass is 676 g/mol. The maximum Gasteiger partial charge on any atom is 0.272 e. The molecule has 1 unspecified atom stereocenters. The number of ether oxygens (including phenoxy) is 1. The van der Waals surface area contributed by atoms with Crippen LogP contribution in [0.5, 0.6) is 5.75 Å². The smallest absolute Gasteiger partial charge is 0.272 e. The number of hydrogen-bond donors (Lipinski definition) is 3. The minimum atomic E-state index is -0.573. The normalized spacial score (nSPS) is 12.0. The first kappa shape index (κ1) is 32.1. The maximum atomic E-state index is 13.5. The van der Waals surface area contributed by atoms with Crippen LogP contribution < -0.4 is 20.7 Å². The molecule has 1 aromatic heterocycles. The molecule has 3 N–H and O–H groups in total. The van der Waals surface area contributed by atoms with E-state index in [9.17, 15) is 14.4 Å². The molecular weight excluding hydrogens is 651 g/mol. The van der Waals surface area contributed by atoms with Gasteiger partial charge in [0.1, 0.15) is 11.4 Å². The van der Waals surface area contributed by atoms with Crippen LogP contribution in [0.3, 0.4) is 0 Å². The average Bonchev–Trinajstić information content (AvgIpc) is 3.44. The molecule has 0 aliphatic carbocycles. The van der Waals surface area contributed by atoms with Crippen molar-refractivity contribution in [2.45, 2.75) is 17.1 Å². The van der Waals surface area contributed by atoms with Gasteiger partial charge in [-0.2, -0.15) is 0 Å². The number of nitrogens with one attached hydrogen (secondary N) is 3. The highest BCUT2D eigenvalue weighted by Crippen LogP contribution is 2.31. The highest BCUT2D eigenvalue weighted by molar-refractivity contribution is 8.00. The Balaban J connectivity index is 1.29. The number of carbonyl (C=O) groups is 3. The minimum absolute atomic E-state index is 0.0349. The summed E-state index contributed by atoms with van der Waals surface area (Å²) in [5, 5.41) is 8.98. The van der Waals surface area contributed by atoms with Crippen molar-refractivity contribution < 1.29 is 19.1 Å². The van der Waals surface area contributed by atoms with Gasteiger partial charge >= 0.3 is 0 Å². The van der Waals surface area contributed by atoms with Crippen molar-refractivity contribution in [3.8, 4) is 5.75 Å². The van der Waals surface area contributed by atoms with E-state index in [1.807, 2.05) is 24.3 Å². The first-order valence-corrected chi connectivity index (χ1v) is 16.0. The molecule has 0 fully saturated rings. The van der Waals surface area contributed by atoms with E-state index in [0.717, 1.165) is 20.9 Å². The first-order valence-electron chi connectivity index (χ1n) is 13.6. The van der Waals surface area contributed by atoms with Crippen molar-refractivity contribution in [1.82, 2.24) is 10.3 Å². The highest BCUT2D eigenvalue weighted by Gasteiger charge is 2.19. The van der Waals surface area contributed by atoms with E-state index in [4.69, 9.17) is 27.9 Å². The Morgan fingerprint density at radius 1 is 0.933 bits per heavy atom. The largest absolute Gasteiger partial charge is 0.497 e. The molecule has 1 heterocycles. The Bertz CT molecular complexity index is 1910. The maximum absolute atomic E-state index is 13.5. The summed E-state index contributed by atoms with van der Waals surface area (Å²) in [5.41, 5.74) is 2.04. The van der Waals surface area contributed by atoms with Gasteiger partial charge in [-0.15, -0.1) is 11.8 Å². The lowest BCUT2D eigenvalue weighted by Gasteiger charge is -2.14. The number of thiazole rings is 1. The van der Waals surface area contributed by atoms with E-state index in [2.05, 4.69) is 20.9 Å². The second-order valence-electron chi connectivity index (χ2n) is 9.61. The number of benzene rings is 4. The van der Waals surface area contributed by atoms with Crippen molar-refractivity contribution in [2.75, 3.05) is 17.7 Å². The van der Waals surface area contributed by atoms with Crippen LogP contribution >= 0.6 is 46.3 Å². The summed E-state index contributed by atoms with van der Waals surface area (Å²) in [6.07, 6.45) is 1.47. The zero-order valence-corrected chi connectivity index (χ0v) is 27.1. The van der Waals surface area contributed by atoms with E-state index in [1.165, 1.54) is 29.2 Å². The fraction of sp³-hybridized carbons (Fsp3) is 0.0909. The van der Waals surface area contributed by atoms with E-state index < -0.39 is 17.1 Å². The van der Waals surface area contributed by atoms with Crippen LogP contribution in [-0.2, 0) is 9.59 Å². The molecule has 1 atom stereocenters. The fourth-order valence-corrected chi connectivity index (χ4v) is 6.31. The zero-order chi connectivity index (χ0) is 31.9. The van der Waals surface area contributed by atoms with Crippen LogP contribution in [0.4, 0.5) is 10.8 Å². The van der Waals surface area contributed by atoms with Gasteiger partial charge in [0.15, 0.2) is 5.13 Å². The summed E-state index contributed by atoms with van der Waals surface area (Å²) < 4.78 is 6.17. The summed E-state index contributed by atoms with van der Waals surface area (Å²) in [6.45, 7) is 1.79. The predicted octanol–water partition coefficient (Wildman–Crippen LogP) is 8.14. The molecule has 0 radical (unpaired) electrons. The SMILES string of the molecule is COc1ccc2nc(NC(=O)C(C)Sc3cccc(NC(=O)/C(=C\c4cccc(Cl)c4Cl)NC(=O)c4ccccc4)c3)sc2c1. The lowest BCUT2D eigenvalue weighted by Crippen LogP contribution is -2.30. The number of fused-ring (bicyclic) bond motifs is 1. The third-order valence-electron chi connectivity index (χ3n) is 6.41. The van der Waals surface area contributed by atoms with E-state index in [1.54, 1.807) is 80.8 Å². The van der Waals surface area contributed by atoms with Crippen molar-refractivity contribution in [3.05, 3.63) is 118 Å². The standard InChI is InChI=1S/C33H26Cl2N4O4S2/c1-19(30(40)39-33-38-26-15-14-23(43-2)18-28(26)45-33)44-24-12-7-11-22(17-24)36-32(42)27(16-21-10-6-13-25(34)29(21)35)37-31(41)20-8-4-3-5-9-20/h3-19H,1-2H3,(H,36,42)(H,37,41)(H,38,39,40)/b27-16+. The van der Waals surface area contributed by atoms with E-state index >= 15 is 0 Å². The molecule has 3 amide bonds. The fourth-order valence-electron chi connectivity index (χ4n) is 4.13. The summed E-state index contributed by atoms with van der Waals surface area (Å²) in [6, 6.07) is 26.2. The highest BCUT2D eigenvalue weighted by atomic mass is 35.5. The summed E-state index contributed by atoms with van der Waals surface area (Å²) in [7, 11) is 1.60.